The average Bonchev–Trinajstić information content (AvgIpc) is 3.33. The molecule has 1 amide bonds. The smallest absolute Gasteiger partial charge is 0.341 e. The van der Waals surface area contributed by atoms with Crippen molar-refractivity contribution in [2.75, 3.05) is 11.9 Å². The Balaban J connectivity index is 1.62. The molecular formula is C23H24N2O4S. The predicted molar refractivity (Wildman–Crippen MR) is 116 cm³/mol. The van der Waals surface area contributed by atoms with Gasteiger partial charge in [0.15, 0.2) is 11.5 Å². The second-order valence-corrected chi connectivity index (χ2v) is 8.73. The van der Waals surface area contributed by atoms with Crippen LogP contribution in [0, 0.1) is 12.8 Å². The van der Waals surface area contributed by atoms with Crippen LogP contribution in [0.2, 0.25) is 0 Å². The minimum atomic E-state index is -0.407. The zero-order valence-electron chi connectivity index (χ0n) is 17.3. The molecule has 0 spiro atoms. The van der Waals surface area contributed by atoms with Gasteiger partial charge in [0.1, 0.15) is 5.00 Å². The molecule has 3 aromatic rings. The van der Waals surface area contributed by atoms with Gasteiger partial charge in [-0.1, -0.05) is 36.3 Å². The highest BCUT2D eigenvalue weighted by Gasteiger charge is 2.29. The highest BCUT2D eigenvalue weighted by Crippen LogP contribution is 2.40. The first-order chi connectivity index (χ1) is 14.5. The third kappa shape index (κ3) is 3.89. The van der Waals surface area contributed by atoms with E-state index in [-0.39, 0.29) is 18.3 Å². The van der Waals surface area contributed by atoms with Crippen molar-refractivity contribution >= 4 is 28.2 Å². The zero-order chi connectivity index (χ0) is 21.3. The van der Waals surface area contributed by atoms with Crippen molar-refractivity contribution in [1.82, 2.24) is 5.16 Å². The number of thiophene rings is 1. The molecule has 4 rings (SSSR count). The molecule has 0 saturated heterocycles. The molecule has 1 aliphatic rings. The molecule has 2 aromatic heterocycles. The van der Waals surface area contributed by atoms with E-state index in [1.807, 2.05) is 31.2 Å². The summed E-state index contributed by atoms with van der Waals surface area (Å²) in [5.41, 5.74) is 3.58. The molecule has 156 valence electrons. The Morgan fingerprint density at radius 2 is 2.13 bits per heavy atom. The number of anilines is 1. The summed E-state index contributed by atoms with van der Waals surface area (Å²) >= 11 is 1.46. The molecule has 6 nitrogen and oxygen atoms in total. The molecule has 1 aromatic carbocycles. The summed E-state index contributed by atoms with van der Waals surface area (Å²) in [4.78, 5) is 26.6. The van der Waals surface area contributed by atoms with Crippen LogP contribution in [-0.2, 0) is 17.6 Å². The fourth-order valence-corrected chi connectivity index (χ4v) is 5.18. The molecule has 0 radical (unpaired) electrons. The molecule has 0 unspecified atom stereocenters. The minimum Gasteiger partial charge on any atom is -0.462 e. The summed E-state index contributed by atoms with van der Waals surface area (Å²) in [5.74, 6) is 0.293. The quantitative estimate of drug-likeness (QED) is 0.565. The minimum absolute atomic E-state index is 0.169. The lowest BCUT2D eigenvalue weighted by molar-refractivity contribution is 0.0526. The number of fused-ring (bicyclic) bond motifs is 1. The van der Waals surface area contributed by atoms with Crippen molar-refractivity contribution in [1.29, 1.82) is 0 Å². The van der Waals surface area contributed by atoms with Gasteiger partial charge in [-0.15, -0.1) is 11.3 Å². The van der Waals surface area contributed by atoms with E-state index in [0.29, 0.717) is 22.2 Å². The molecule has 2 heterocycles. The van der Waals surface area contributed by atoms with Crippen LogP contribution in [0.15, 0.2) is 34.9 Å². The SMILES string of the molecule is CCOC(=O)c1c(NC(=O)c2cc(-c3ccccc3C)on2)sc2c1CC[C@H](C)C2. The first kappa shape index (κ1) is 20.3. The van der Waals surface area contributed by atoms with Gasteiger partial charge >= 0.3 is 5.97 Å². The Bertz CT molecular complexity index is 1100. The van der Waals surface area contributed by atoms with E-state index in [4.69, 9.17) is 9.26 Å². The summed E-state index contributed by atoms with van der Waals surface area (Å²) in [7, 11) is 0. The van der Waals surface area contributed by atoms with Crippen molar-refractivity contribution in [3.05, 3.63) is 57.6 Å². The average molecular weight is 425 g/mol. The van der Waals surface area contributed by atoms with Crippen LogP contribution in [0.3, 0.4) is 0 Å². The fraction of sp³-hybridized carbons (Fsp3) is 0.348. The highest BCUT2D eigenvalue weighted by atomic mass is 32.1. The Kier molecular flexibility index (Phi) is 5.72. The van der Waals surface area contributed by atoms with Gasteiger partial charge in [0.25, 0.3) is 5.91 Å². The monoisotopic (exact) mass is 424 g/mol. The Hall–Kier alpha value is -2.93. The topological polar surface area (TPSA) is 81.4 Å². The number of benzene rings is 1. The van der Waals surface area contributed by atoms with E-state index in [2.05, 4.69) is 17.4 Å². The number of esters is 1. The van der Waals surface area contributed by atoms with Crippen LogP contribution in [-0.4, -0.2) is 23.6 Å². The summed E-state index contributed by atoms with van der Waals surface area (Å²) < 4.78 is 10.7. The molecule has 0 aliphatic heterocycles. The molecule has 7 heteroatoms. The fourth-order valence-electron chi connectivity index (χ4n) is 3.78. The Morgan fingerprint density at radius 1 is 1.33 bits per heavy atom. The number of nitrogens with zero attached hydrogens (tertiary/aromatic N) is 1. The summed E-state index contributed by atoms with van der Waals surface area (Å²) in [6.07, 6.45) is 2.74. The summed E-state index contributed by atoms with van der Waals surface area (Å²) in [6.45, 7) is 6.24. The number of nitrogens with one attached hydrogen (secondary N) is 1. The Labute approximate surface area is 179 Å². The molecule has 0 saturated carbocycles. The predicted octanol–water partition coefficient (Wildman–Crippen LogP) is 5.27. The molecule has 0 bridgehead atoms. The maximum absolute atomic E-state index is 12.9. The number of aryl methyl sites for hydroxylation is 1. The van der Waals surface area contributed by atoms with Gasteiger partial charge in [0, 0.05) is 16.5 Å². The second-order valence-electron chi connectivity index (χ2n) is 7.62. The van der Waals surface area contributed by atoms with E-state index in [0.717, 1.165) is 40.8 Å². The summed E-state index contributed by atoms with van der Waals surface area (Å²) in [6, 6.07) is 9.37. The largest absolute Gasteiger partial charge is 0.462 e. The summed E-state index contributed by atoms with van der Waals surface area (Å²) in [5, 5.41) is 7.34. The van der Waals surface area contributed by atoms with E-state index in [1.54, 1.807) is 13.0 Å². The lowest BCUT2D eigenvalue weighted by Crippen LogP contribution is -2.16. The maximum Gasteiger partial charge on any atom is 0.341 e. The zero-order valence-corrected chi connectivity index (χ0v) is 18.1. The number of hydrogen-bond acceptors (Lipinski definition) is 6. The van der Waals surface area contributed by atoms with Crippen molar-refractivity contribution in [2.45, 2.75) is 40.0 Å². The van der Waals surface area contributed by atoms with Gasteiger partial charge in [0.05, 0.1) is 12.2 Å². The van der Waals surface area contributed by atoms with Gasteiger partial charge in [-0.25, -0.2) is 4.79 Å². The van der Waals surface area contributed by atoms with Gasteiger partial charge < -0.3 is 14.6 Å². The van der Waals surface area contributed by atoms with Crippen molar-refractivity contribution in [3.63, 3.8) is 0 Å². The lowest BCUT2D eigenvalue weighted by Gasteiger charge is -2.18. The molecular weight excluding hydrogens is 400 g/mol. The highest BCUT2D eigenvalue weighted by molar-refractivity contribution is 7.17. The number of carbonyl (C=O) groups is 2. The number of rotatable bonds is 5. The van der Waals surface area contributed by atoms with E-state index in [1.165, 1.54) is 11.3 Å². The number of aromatic nitrogens is 1. The number of hydrogen-bond donors (Lipinski definition) is 1. The molecule has 0 fully saturated rings. The van der Waals surface area contributed by atoms with Crippen LogP contribution in [0.25, 0.3) is 11.3 Å². The Morgan fingerprint density at radius 3 is 2.90 bits per heavy atom. The second kappa shape index (κ2) is 8.44. The van der Waals surface area contributed by atoms with Crippen LogP contribution >= 0.6 is 11.3 Å². The van der Waals surface area contributed by atoms with Crippen molar-refractivity contribution in [2.24, 2.45) is 5.92 Å². The normalized spacial score (nSPS) is 15.5. The van der Waals surface area contributed by atoms with Gasteiger partial charge in [0.2, 0.25) is 0 Å². The standard InChI is InChI=1S/C23H24N2O4S/c1-4-28-23(27)20-16-10-9-13(2)11-19(16)30-22(20)24-21(26)17-12-18(29-25-17)15-8-6-5-7-14(15)3/h5-8,12-13H,4,9-11H2,1-3H3,(H,24,26)/t13-/m0/s1. The van der Waals surface area contributed by atoms with Crippen molar-refractivity contribution < 1.29 is 18.8 Å². The molecule has 30 heavy (non-hydrogen) atoms. The van der Waals surface area contributed by atoms with Gasteiger partial charge in [-0.05, 0) is 50.2 Å². The third-order valence-electron chi connectivity index (χ3n) is 5.37. The van der Waals surface area contributed by atoms with Gasteiger partial charge in [-0.2, -0.15) is 0 Å². The van der Waals surface area contributed by atoms with Crippen LogP contribution in [0.4, 0.5) is 5.00 Å². The molecule has 1 aliphatic carbocycles. The first-order valence-corrected chi connectivity index (χ1v) is 10.9. The van der Waals surface area contributed by atoms with E-state index in [9.17, 15) is 9.59 Å². The van der Waals surface area contributed by atoms with Crippen LogP contribution in [0.1, 0.15) is 57.1 Å². The van der Waals surface area contributed by atoms with Gasteiger partial charge in [-0.3, -0.25) is 4.79 Å². The number of ether oxygens (including phenoxy) is 1. The third-order valence-corrected chi connectivity index (χ3v) is 6.54. The lowest BCUT2D eigenvalue weighted by atomic mass is 9.88. The number of amides is 1. The molecule has 1 N–H and O–H groups in total. The first-order valence-electron chi connectivity index (χ1n) is 10.1. The van der Waals surface area contributed by atoms with Crippen molar-refractivity contribution in [3.8, 4) is 11.3 Å². The van der Waals surface area contributed by atoms with E-state index < -0.39 is 5.91 Å². The number of carbonyl (C=O) groups excluding carboxylic acids is 2. The van der Waals surface area contributed by atoms with Crippen LogP contribution < -0.4 is 5.32 Å². The van der Waals surface area contributed by atoms with Crippen LogP contribution in [0.5, 0.6) is 0 Å². The maximum atomic E-state index is 12.9. The van der Waals surface area contributed by atoms with E-state index >= 15 is 0 Å². The molecule has 1 atom stereocenters.